The maximum absolute atomic E-state index is 15.3. The monoisotopic (exact) mass is 736 g/mol. The number of phenols is 1. The fraction of sp³-hybridized carbons (Fsp3) is 0.229. The maximum Gasteiger partial charge on any atom is 0.417 e. The van der Waals surface area contributed by atoms with Crippen LogP contribution in [-0.2, 0) is 34.8 Å². The number of allylic oxidation sites excluding steroid dienone is 2. The highest BCUT2D eigenvalue weighted by atomic mass is 35.5. The number of hydrazine groups is 1. The zero-order valence-corrected chi connectivity index (χ0v) is 27.9. The van der Waals surface area contributed by atoms with Crippen LogP contribution in [0.2, 0.25) is 10.0 Å². The normalized spacial score (nSPS) is 22.8. The van der Waals surface area contributed by atoms with Gasteiger partial charge in [0.2, 0.25) is 0 Å². The van der Waals surface area contributed by atoms with Crippen LogP contribution >= 0.6 is 23.2 Å². The molecule has 2 N–H and O–H groups in total. The quantitative estimate of drug-likeness (QED) is 0.183. The third-order valence-electron chi connectivity index (χ3n) is 10.3. The van der Waals surface area contributed by atoms with Crippen molar-refractivity contribution in [3.63, 3.8) is 0 Å². The Hall–Kier alpha value is -5.34. The highest BCUT2D eigenvalue weighted by Gasteiger charge is 2.69. The van der Waals surface area contributed by atoms with Crippen molar-refractivity contribution in [1.29, 1.82) is 0 Å². The number of rotatable bonds is 4. The predicted octanol–water partition coefficient (Wildman–Crippen LogP) is 5.55. The molecule has 0 radical (unpaired) electrons. The number of hydrogen-bond donors (Lipinski definition) is 2. The number of amides is 2. The van der Waals surface area contributed by atoms with Crippen LogP contribution in [0.4, 0.5) is 19.0 Å². The molecule has 3 aromatic carbocycles. The number of hydrogen-bond acceptors (Lipinski definition) is 7. The van der Waals surface area contributed by atoms with E-state index < -0.39 is 63.2 Å². The van der Waals surface area contributed by atoms with E-state index >= 15 is 4.79 Å². The summed E-state index contributed by atoms with van der Waals surface area (Å²) < 4.78 is 43.8. The van der Waals surface area contributed by atoms with E-state index in [0.717, 1.165) is 9.58 Å². The van der Waals surface area contributed by atoms with E-state index in [1.807, 2.05) is 0 Å². The number of aromatic hydroxyl groups is 1. The lowest BCUT2D eigenvalue weighted by atomic mass is 9.53. The van der Waals surface area contributed by atoms with Gasteiger partial charge in [0.15, 0.2) is 5.82 Å². The summed E-state index contributed by atoms with van der Waals surface area (Å²) in [5.41, 5.74) is 0.0932. The number of carbonyl (C=O) groups is 2. The number of carbonyl (C=O) groups excluding carboxylic acids is 2. The van der Waals surface area contributed by atoms with Crippen LogP contribution in [0.5, 0.6) is 5.75 Å². The zero-order chi connectivity index (χ0) is 36.1. The van der Waals surface area contributed by atoms with Crippen molar-refractivity contribution in [2.45, 2.75) is 36.5 Å². The second kappa shape index (κ2) is 11.3. The highest BCUT2D eigenvalue weighted by molar-refractivity contribution is 6.33. The lowest BCUT2D eigenvalue weighted by Crippen LogP contribution is -2.53. The molecular weight excluding hydrogens is 712 g/mol. The summed E-state index contributed by atoms with van der Waals surface area (Å²) in [7, 11) is 1.35. The summed E-state index contributed by atoms with van der Waals surface area (Å²) in [4.78, 5) is 60.5. The van der Waals surface area contributed by atoms with Gasteiger partial charge in [-0.2, -0.15) is 18.2 Å². The van der Waals surface area contributed by atoms with Crippen molar-refractivity contribution < 1.29 is 27.9 Å². The number of phenolic OH excluding ortho intramolecular Hbond substituents is 1. The number of alkyl halides is 3. The number of nitrogens with zero attached hydrogens (tertiary/aromatic N) is 5. The molecule has 0 unspecified atom stereocenters. The van der Waals surface area contributed by atoms with Gasteiger partial charge in [-0.1, -0.05) is 71.7 Å². The van der Waals surface area contributed by atoms with Crippen LogP contribution in [0.3, 0.4) is 0 Å². The van der Waals surface area contributed by atoms with Gasteiger partial charge in [-0.25, -0.2) is 28.5 Å². The number of imide groups is 1. The molecule has 2 aromatic heterocycles. The van der Waals surface area contributed by atoms with Crippen molar-refractivity contribution in [3.05, 3.63) is 132 Å². The first-order chi connectivity index (χ1) is 24.2. The van der Waals surface area contributed by atoms with E-state index in [-0.39, 0.29) is 24.5 Å². The average Bonchev–Trinajstić information content (AvgIpc) is 3.46. The van der Waals surface area contributed by atoms with Crippen molar-refractivity contribution in [2.24, 2.45) is 13.0 Å². The summed E-state index contributed by atoms with van der Waals surface area (Å²) in [6.07, 6.45) is -2.54. The fourth-order valence-electron chi connectivity index (χ4n) is 8.06. The largest absolute Gasteiger partial charge is 0.507 e. The first-order valence-corrected chi connectivity index (χ1v) is 16.4. The van der Waals surface area contributed by atoms with Gasteiger partial charge in [0.25, 0.3) is 11.8 Å². The molecular formula is C35H25Cl2F3N6O5. The van der Waals surface area contributed by atoms with Crippen LogP contribution in [0.15, 0.2) is 94.2 Å². The molecule has 1 saturated heterocycles. The molecule has 2 aliphatic heterocycles. The molecule has 4 heterocycles. The molecule has 2 fully saturated rings. The molecule has 11 nitrogen and oxygen atoms in total. The maximum atomic E-state index is 15.3. The minimum Gasteiger partial charge on any atom is -0.507 e. The molecule has 2 amide bonds. The van der Waals surface area contributed by atoms with Gasteiger partial charge in [0.1, 0.15) is 5.75 Å². The molecule has 51 heavy (non-hydrogen) atoms. The second-order valence-electron chi connectivity index (χ2n) is 12.7. The van der Waals surface area contributed by atoms with Gasteiger partial charge in [-0.15, -0.1) is 0 Å². The third kappa shape index (κ3) is 4.62. The van der Waals surface area contributed by atoms with Crippen molar-refractivity contribution >= 4 is 51.6 Å². The van der Waals surface area contributed by atoms with Gasteiger partial charge >= 0.3 is 17.6 Å². The third-order valence-corrected chi connectivity index (χ3v) is 10.8. The van der Waals surface area contributed by atoms with E-state index in [1.54, 1.807) is 60.7 Å². The predicted molar refractivity (Wildman–Crippen MR) is 180 cm³/mol. The van der Waals surface area contributed by atoms with Crippen molar-refractivity contribution in [2.75, 3.05) is 5.43 Å². The topological polar surface area (TPSA) is 131 Å². The minimum atomic E-state index is -4.75. The van der Waals surface area contributed by atoms with Crippen LogP contribution in [0.25, 0.3) is 10.8 Å². The highest BCUT2D eigenvalue weighted by Crippen LogP contribution is 2.62. The Morgan fingerprint density at radius 3 is 2.35 bits per heavy atom. The summed E-state index contributed by atoms with van der Waals surface area (Å²) in [5.74, 6) is -4.10. The van der Waals surface area contributed by atoms with Gasteiger partial charge in [0, 0.05) is 29.6 Å². The Morgan fingerprint density at radius 1 is 0.961 bits per heavy atom. The smallest absolute Gasteiger partial charge is 0.417 e. The number of fused-ring (bicyclic) bond motifs is 5. The lowest BCUT2D eigenvalue weighted by molar-refractivity contribution is -0.139. The molecule has 1 aliphatic carbocycles. The Labute approximate surface area is 295 Å². The van der Waals surface area contributed by atoms with E-state index in [0.29, 0.717) is 44.8 Å². The van der Waals surface area contributed by atoms with Crippen LogP contribution in [-0.4, -0.2) is 40.8 Å². The molecule has 8 rings (SSSR count). The van der Waals surface area contributed by atoms with Gasteiger partial charge in [-0.3, -0.25) is 15.0 Å². The molecule has 3 aliphatic rings. The van der Waals surface area contributed by atoms with Gasteiger partial charge < -0.3 is 5.11 Å². The Balaban J connectivity index is 1.41. The van der Waals surface area contributed by atoms with Crippen LogP contribution in [0, 0.1) is 5.92 Å². The number of aromatic nitrogens is 4. The average molecular weight is 738 g/mol. The van der Waals surface area contributed by atoms with E-state index in [1.165, 1.54) is 22.5 Å². The Bertz CT molecular complexity index is 2470. The minimum absolute atomic E-state index is 0.0101. The number of anilines is 1. The first-order valence-electron chi connectivity index (χ1n) is 15.7. The first kappa shape index (κ1) is 32.8. The summed E-state index contributed by atoms with van der Waals surface area (Å²) in [5, 5.41) is 12.5. The standard InChI is InChI=1S/C35H25Cl2F3N6O5/c1-43-32(50)44-13-12-23-26(46(44)33(43)51)15-24-30(48)45(42-29-25(37)14-18(16-41-29)35(38,39)40)31(49)34(24,17-6-8-19(36)9-7-17)28(23)22-10-11-27(47)21-5-3-2-4-20(21)22/h2-12,14,16,24,26,28,47H,13,15H2,1H3,(H,41,42)/t24-,26+,28-,34+/m0/s1. The summed E-state index contributed by atoms with van der Waals surface area (Å²) >= 11 is 12.5. The molecule has 4 atom stereocenters. The number of halogens is 5. The Morgan fingerprint density at radius 2 is 1.67 bits per heavy atom. The van der Waals surface area contributed by atoms with Gasteiger partial charge in [-0.05, 0) is 52.8 Å². The molecule has 260 valence electrons. The molecule has 0 bridgehead atoms. The lowest BCUT2D eigenvalue weighted by Gasteiger charge is -2.49. The van der Waals surface area contributed by atoms with E-state index in [2.05, 4.69) is 10.4 Å². The SMILES string of the molecule is Cn1c(=O)n2n(c1=O)[C@@H]1C[C@H]3C(=O)N(Nc4ncc(C(F)(F)F)cc4Cl)C(=O)[C@@]3(c3ccc(Cl)cc3)[C@@H](c3ccc(O)c4ccccc34)C1=CC2. The molecule has 1 saturated carbocycles. The van der Waals surface area contributed by atoms with Crippen LogP contribution in [0.1, 0.15) is 35.1 Å². The molecule has 5 aromatic rings. The van der Waals surface area contributed by atoms with Crippen LogP contribution < -0.4 is 16.8 Å². The number of nitrogens with one attached hydrogen (secondary N) is 1. The van der Waals surface area contributed by atoms with E-state index in [4.69, 9.17) is 23.2 Å². The Kier molecular flexibility index (Phi) is 7.30. The number of benzene rings is 3. The molecule has 16 heteroatoms. The zero-order valence-electron chi connectivity index (χ0n) is 26.4. The van der Waals surface area contributed by atoms with Crippen molar-refractivity contribution in [3.8, 4) is 5.75 Å². The molecule has 0 spiro atoms. The van der Waals surface area contributed by atoms with Gasteiger partial charge in [0.05, 0.1) is 34.5 Å². The fourth-order valence-corrected chi connectivity index (χ4v) is 8.39. The number of pyridine rings is 1. The second-order valence-corrected chi connectivity index (χ2v) is 13.6. The van der Waals surface area contributed by atoms with Crippen molar-refractivity contribution in [1.82, 2.24) is 23.9 Å². The summed E-state index contributed by atoms with van der Waals surface area (Å²) in [6, 6.07) is 16.3. The van der Waals surface area contributed by atoms with E-state index in [9.17, 15) is 32.7 Å². The summed E-state index contributed by atoms with van der Waals surface area (Å²) in [6.45, 7) is -0.0101.